The van der Waals surface area contributed by atoms with E-state index in [0.717, 1.165) is 5.75 Å². The van der Waals surface area contributed by atoms with E-state index >= 15 is 0 Å². The number of Topliss-reactive ketones (excluding diaryl/α,β-unsaturated/α-hetero) is 1. The Hall–Kier alpha value is -2.33. The van der Waals surface area contributed by atoms with Crippen LogP contribution in [0.25, 0.3) is 0 Å². The van der Waals surface area contributed by atoms with Crippen LogP contribution in [0, 0.1) is 0 Å². The average molecular weight is 388 g/mol. The molecule has 5 heteroatoms. The van der Waals surface area contributed by atoms with Crippen LogP contribution >= 0.6 is 11.6 Å². The molecule has 0 aliphatic rings. The summed E-state index contributed by atoms with van der Waals surface area (Å²) in [6.45, 7) is 6.91. The highest BCUT2D eigenvalue weighted by atomic mass is 35.5. The fraction of sp³-hybridized carbons (Fsp3) is 0.364. The summed E-state index contributed by atoms with van der Waals surface area (Å²) in [7, 11) is 0. The first kappa shape index (κ1) is 21.0. The van der Waals surface area contributed by atoms with Crippen molar-refractivity contribution >= 4 is 23.3 Å². The van der Waals surface area contributed by atoms with Crippen LogP contribution in [0.3, 0.4) is 0 Å². The number of rotatable bonds is 8. The predicted molar refractivity (Wildman–Crippen MR) is 109 cm³/mol. The largest absolute Gasteiger partial charge is 0.494 e. The van der Waals surface area contributed by atoms with Gasteiger partial charge in [0.25, 0.3) is 0 Å². The monoisotopic (exact) mass is 387 g/mol. The van der Waals surface area contributed by atoms with Gasteiger partial charge in [0.05, 0.1) is 13.2 Å². The van der Waals surface area contributed by atoms with Gasteiger partial charge in [0.15, 0.2) is 5.78 Å². The Bertz CT molecular complexity index is 779. The predicted octanol–water partition coefficient (Wildman–Crippen LogP) is 4.80. The molecule has 2 aromatic rings. The third-order valence-corrected chi connectivity index (χ3v) is 4.37. The van der Waals surface area contributed by atoms with Crippen molar-refractivity contribution in [1.82, 2.24) is 5.32 Å². The zero-order valence-corrected chi connectivity index (χ0v) is 16.8. The van der Waals surface area contributed by atoms with Crippen LogP contribution in [0.1, 0.15) is 49.5 Å². The molecule has 0 heterocycles. The molecule has 2 aromatic carbocycles. The van der Waals surface area contributed by atoms with Crippen LogP contribution in [-0.2, 0) is 10.2 Å². The summed E-state index contributed by atoms with van der Waals surface area (Å²) >= 11 is 5.86. The molecule has 0 aliphatic carbocycles. The fourth-order valence-electron chi connectivity index (χ4n) is 2.51. The molecule has 2 rings (SSSR count). The summed E-state index contributed by atoms with van der Waals surface area (Å²) < 4.78 is 5.67. The normalized spacial score (nSPS) is 11.1. The Kier molecular flexibility index (Phi) is 7.43. The molecule has 0 saturated heterocycles. The van der Waals surface area contributed by atoms with E-state index in [1.165, 1.54) is 5.56 Å². The second-order valence-electron chi connectivity index (χ2n) is 7.44. The molecular weight excluding hydrogens is 362 g/mol. The summed E-state index contributed by atoms with van der Waals surface area (Å²) in [5.41, 5.74) is 1.85. The van der Waals surface area contributed by atoms with Crippen molar-refractivity contribution < 1.29 is 14.3 Å². The van der Waals surface area contributed by atoms with Crippen molar-refractivity contribution in [2.75, 3.05) is 13.2 Å². The maximum Gasteiger partial charge on any atom is 0.220 e. The molecule has 27 heavy (non-hydrogen) atoms. The second kappa shape index (κ2) is 9.56. The van der Waals surface area contributed by atoms with Gasteiger partial charge in [0.2, 0.25) is 5.91 Å². The van der Waals surface area contributed by atoms with E-state index in [-0.39, 0.29) is 23.7 Å². The molecule has 0 aromatic heterocycles. The summed E-state index contributed by atoms with van der Waals surface area (Å²) in [5.74, 6) is 0.456. The minimum absolute atomic E-state index is 0.0334. The Morgan fingerprint density at radius 2 is 1.78 bits per heavy atom. The quantitative estimate of drug-likeness (QED) is 0.523. The van der Waals surface area contributed by atoms with Crippen LogP contribution in [0.15, 0.2) is 48.5 Å². The van der Waals surface area contributed by atoms with E-state index in [1.54, 1.807) is 24.3 Å². The zero-order valence-electron chi connectivity index (χ0n) is 16.0. The summed E-state index contributed by atoms with van der Waals surface area (Å²) in [5, 5.41) is 3.14. The molecule has 0 fully saturated rings. The van der Waals surface area contributed by atoms with Crippen LogP contribution in [0.4, 0.5) is 0 Å². The first-order valence-electron chi connectivity index (χ1n) is 9.04. The van der Waals surface area contributed by atoms with Crippen molar-refractivity contribution in [3.8, 4) is 5.75 Å². The Labute approximate surface area is 165 Å². The highest BCUT2D eigenvalue weighted by Gasteiger charge is 2.13. The van der Waals surface area contributed by atoms with Crippen LogP contribution in [0.5, 0.6) is 5.75 Å². The van der Waals surface area contributed by atoms with E-state index < -0.39 is 0 Å². The molecule has 0 aliphatic heterocycles. The third kappa shape index (κ3) is 7.06. The summed E-state index contributed by atoms with van der Waals surface area (Å²) in [4.78, 5) is 23.9. The lowest BCUT2D eigenvalue weighted by Crippen LogP contribution is -2.29. The highest BCUT2D eigenvalue weighted by Crippen LogP contribution is 2.24. The molecule has 144 valence electrons. The molecule has 0 radical (unpaired) electrons. The highest BCUT2D eigenvalue weighted by molar-refractivity contribution is 6.31. The number of carbonyl (C=O) groups is 2. The number of nitrogens with one attached hydrogen (secondary N) is 1. The third-order valence-electron chi connectivity index (χ3n) is 4.13. The maximum absolute atomic E-state index is 12.0. The van der Waals surface area contributed by atoms with Crippen molar-refractivity contribution in [3.63, 3.8) is 0 Å². The number of hydrogen-bond donors (Lipinski definition) is 1. The number of halogens is 1. The van der Waals surface area contributed by atoms with Gasteiger partial charge in [-0.2, -0.15) is 0 Å². The average Bonchev–Trinajstić information content (AvgIpc) is 2.63. The van der Waals surface area contributed by atoms with Gasteiger partial charge in [-0.3, -0.25) is 9.59 Å². The molecule has 0 saturated carbocycles. The SMILES string of the molecule is CC(C)(C)c1ccc(OCCCC(=O)NCC(=O)c2cccc(Cl)c2)cc1. The van der Waals surface area contributed by atoms with Gasteiger partial charge in [-0.25, -0.2) is 0 Å². The number of ether oxygens (including phenoxy) is 1. The van der Waals surface area contributed by atoms with Gasteiger partial charge in [-0.1, -0.05) is 56.6 Å². The molecule has 4 nitrogen and oxygen atoms in total. The van der Waals surface area contributed by atoms with E-state index in [2.05, 4.69) is 38.2 Å². The van der Waals surface area contributed by atoms with Crippen molar-refractivity contribution in [2.45, 2.75) is 39.0 Å². The lowest BCUT2D eigenvalue weighted by molar-refractivity contribution is -0.121. The molecule has 0 spiro atoms. The number of carbonyl (C=O) groups excluding carboxylic acids is 2. The fourth-order valence-corrected chi connectivity index (χ4v) is 2.70. The number of hydrogen-bond acceptors (Lipinski definition) is 3. The van der Waals surface area contributed by atoms with Gasteiger partial charge in [-0.15, -0.1) is 0 Å². The maximum atomic E-state index is 12.0. The van der Waals surface area contributed by atoms with Gasteiger partial charge in [0.1, 0.15) is 5.75 Å². The number of ketones is 1. The lowest BCUT2D eigenvalue weighted by Gasteiger charge is -2.19. The van der Waals surface area contributed by atoms with Gasteiger partial charge in [0, 0.05) is 17.0 Å². The summed E-state index contributed by atoms with van der Waals surface area (Å²) in [6.07, 6.45) is 0.890. The number of amides is 1. The van der Waals surface area contributed by atoms with Crippen LogP contribution < -0.4 is 10.1 Å². The Morgan fingerprint density at radius 3 is 2.41 bits per heavy atom. The molecule has 0 atom stereocenters. The zero-order chi connectivity index (χ0) is 19.9. The van der Waals surface area contributed by atoms with Gasteiger partial charge >= 0.3 is 0 Å². The van der Waals surface area contributed by atoms with Crippen molar-refractivity contribution in [3.05, 3.63) is 64.7 Å². The van der Waals surface area contributed by atoms with Gasteiger partial charge in [-0.05, 0) is 41.7 Å². The van der Waals surface area contributed by atoms with E-state index in [9.17, 15) is 9.59 Å². The molecule has 1 N–H and O–H groups in total. The minimum atomic E-state index is -0.169. The second-order valence-corrected chi connectivity index (χ2v) is 7.87. The molecule has 0 unspecified atom stereocenters. The van der Waals surface area contributed by atoms with Gasteiger partial charge < -0.3 is 10.1 Å². The molecule has 0 bridgehead atoms. The van der Waals surface area contributed by atoms with E-state index in [1.807, 2.05) is 12.1 Å². The first-order valence-corrected chi connectivity index (χ1v) is 9.42. The smallest absolute Gasteiger partial charge is 0.220 e. The van der Waals surface area contributed by atoms with Crippen molar-refractivity contribution in [2.24, 2.45) is 0 Å². The summed E-state index contributed by atoms with van der Waals surface area (Å²) in [6, 6.07) is 14.7. The molecule has 1 amide bonds. The van der Waals surface area contributed by atoms with E-state index in [4.69, 9.17) is 16.3 Å². The Morgan fingerprint density at radius 1 is 1.07 bits per heavy atom. The standard InChI is InChI=1S/C22H26ClNO3/c1-22(2,3)17-9-11-19(12-10-17)27-13-5-8-21(26)24-15-20(25)16-6-4-7-18(23)14-16/h4,6-7,9-12,14H,5,8,13,15H2,1-3H3,(H,24,26). The van der Waals surface area contributed by atoms with Crippen LogP contribution in [0.2, 0.25) is 5.02 Å². The first-order chi connectivity index (χ1) is 12.8. The van der Waals surface area contributed by atoms with Crippen molar-refractivity contribution in [1.29, 1.82) is 0 Å². The Balaban J connectivity index is 1.67. The molecular formula is C22H26ClNO3. The minimum Gasteiger partial charge on any atom is -0.494 e. The van der Waals surface area contributed by atoms with E-state index in [0.29, 0.717) is 30.0 Å². The lowest BCUT2D eigenvalue weighted by atomic mass is 9.87. The van der Waals surface area contributed by atoms with Crippen LogP contribution in [-0.4, -0.2) is 24.8 Å². The number of benzene rings is 2. The topological polar surface area (TPSA) is 55.4 Å².